The van der Waals surface area contributed by atoms with Crippen LogP contribution in [0.1, 0.15) is 32.4 Å². The summed E-state index contributed by atoms with van der Waals surface area (Å²) in [7, 11) is 0. The zero-order valence-electron chi connectivity index (χ0n) is 9.30. The van der Waals surface area contributed by atoms with E-state index in [2.05, 4.69) is 24.3 Å². The highest BCUT2D eigenvalue weighted by Gasteiger charge is 2.09. The van der Waals surface area contributed by atoms with Gasteiger partial charge in [-0.25, -0.2) is 4.68 Å². The number of nitrogens with two attached hydrogens (primary N) is 1. The number of aromatic nitrogens is 2. The predicted molar refractivity (Wildman–Crippen MR) is 60.4 cm³/mol. The molecule has 0 aliphatic carbocycles. The summed E-state index contributed by atoms with van der Waals surface area (Å²) in [5, 5.41) is 7.67. The van der Waals surface area contributed by atoms with Gasteiger partial charge >= 0.3 is 0 Å². The van der Waals surface area contributed by atoms with Gasteiger partial charge < -0.3 is 11.1 Å². The first kappa shape index (κ1) is 10.9. The minimum absolute atomic E-state index is 0.781. The van der Waals surface area contributed by atoms with E-state index >= 15 is 0 Å². The van der Waals surface area contributed by atoms with Gasteiger partial charge in [0.15, 0.2) is 0 Å². The minimum Gasteiger partial charge on any atom is -0.394 e. The number of nitrogens with zero attached hydrogens (tertiary/aromatic N) is 2. The van der Waals surface area contributed by atoms with Crippen molar-refractivity contribution in [1.29, 1.82) is 0 Å². The number of unbranched alkanes of at least 4 members (excludes halogenated alkanes) is 1. The van der Waals surface area contributed by atoms with Crippen molar-refractivity contribution in [1.82, 2.24) is 9.78 Å². The molecule has 80 valence electrons. The standard InChI is InChI=1S/C10H20N4/c1-4-6-7-12-10-9(11)8(3)13-14(10)5-2/h12H,4-7,11H2,1-3H3. The number of anilines is 2. The first-order valence-corrected chi connectivity index (χ1v) is 5.27. The summed E-state index contributed by atoms with van der Waals surface area (Å²) >= 11 is 0. The molecular formula is C10H20N4. The van der Waals surface area contributed by atoms with Crippen LogP contribution in [0.4, 0.5) is 11.5 Å². The zero-order valence-corrected chi connectivity index (χ0v) is 9.30. The second-order valence-electron chi connectivity index (χ2n) is 3.44. The maximum atomic E-state index is 5.92. The van der Waals surface area contributed by atoms with Crippen molar-refractivity contribution in [2.45, 2.75) is 40.2 Å². The fourth-order valence-corrected chi connectivity index (χ4v) is 1.39. The van der Waals surface area contributed by atoms with E-state index in [0.717, 1.165) is 36.7 Å². The Kier molecular flexibility index (Phi) is 3.80. The molecule has 0 saturated heterocycles. The summed E-state index contributed by atoms with van der Waals surface area (Å²) in [5.41, 5.74) is 7.60. The van der Waals surface area contributed by atoms with E-state index in [1.807, 2.05) is 11.6 Å². The number of hydrogen-bond donors (Lipinski definition) is 2. The van der Waals surface area contributed by atoms with Crippen LogP contribution in [-0.4, -0.2) is 16.3 Å². The lowest BCUT2D eigenvalue weighted by molar-refractivity contribution is 0.655. The second-order valence-corrected chi connectivity index (χ2v) is 3.44. The summed E-state index contributed by atoms with van der Waals surface area (Å²) in [6, 6.07) is 0. The molecule has 0 aliphatic rings. The lowest BCUT2D eigenvalue weighted by Gasteiger charge is -2.08. The van der Waals surface area contributed by atoms with Crippen LogP contribution < -0.4 is 11.1 Å². The van der Waals surface area contributed by atoms with Gasteiger partial charge in [0.1, 0.15) is 5.82 Å². The molecule has 0 bridgehead atoms. The average molecular weight is 196 g/mol. The van der Waals surface area contributed by atoms with Crippen LogP contribution in [0.3, 0.4) is 0 Å². The maximum Gasteiger partial charge on any atom is 0.148 e. The van der Waals surface area contributed by atoms with E-state index in [4.69, 9.17) is 5.73 Å². The minimum atomic E-state index is 0.781. The van der Waals surface area contributed by atoms with Crippen molar-refractivity contribution < 1.29 is 0 Å². The molecule has 4 heteroatoms. The molecule has 14 heavy (non-hydrogen) atoms. The van der Waals surface area contributed by atoms with Crippen molar-refractivity contribution in [2.75, 3.05) is 17.6 Å². The molecule has 0 aromatic carbocycles. The van der Waals surface area contributed by atoms with Gasteiger partial charge in [0, 0.05) is 13.1 Å². The second kappa shape index (κ2) is 4.88. The Bertz CT molecular complexity index is 291. The Morgan fingerprint density at radius 2 is 2.14 bits per heavy atom. The first-order valence-electron chi connectivity index (χ1n) is 5.27. The van der Waals surface area contributed by atoms with Gasteiger partial charge in [-0.05, 0) is 20.3 Å². The monoisotopic (exact) mass is 196 g/mol. The highest BCUT2D eigenvalue weighted by Crippen LogP contribution is 2.21. The van der Waals surface area contributed by atoms with Crippen LogP contribution >= 0.6 is 0 Å². The van der Waals surface area contributed by atoms with Crippen LogP contribution in [0, 0.1) is 6.92 Å². The molecule has 1 heterocycles. The highest BCUT2D eigenvalue weighted by molar-refractivity contribution is 5.64. The third-order valence-electron chi connectivity index (χ3n) is 2.30. The molecule has 0 saturated carbocycles. The smallest absolute Gasteiger partial charge is 0.148 e. The van der Waals surface area contributed by atoms with Crippen LogP contribution in [0.2, 0.25) is 0 Å². The lowest BCUT2D eigenvalue weighted by atomic mass is 10.3. The Morgan fingerprint density at radius 1 is 1.43 bits per heavy atom. The summed E-state index contributed by atoms with van der Waals surface area (Å²) in [6.07, 6.45) is 2.35. The largest absolute Gasteiger partial charge is 0.394 e. The maximum absolute atomic E-state index is 5.92. The van der Waals surface area contributed by atoms with E-state index in [0.29, 0.717) is 0 Å². The normalized spacial score (nSPS) is 10.5. The molecule has 1 rings (SSSR count). The van der Waals surface area contributed by atoms with Crippen LogP contribution in [-0.2, 0) is 6.54 Å². The first-order chi connectivity index (χ1) is 6.70. The number of rotatable bonds is 5. The Hall–Kier alpha value is -1.19. The van der Waals surface area contributed by atoms with E-state index in [1.54, 1.807) is 0 Å². The molecule has 0 amide bonds. The van der Waals surface area contributed by atoms with Crippen molar-refractivity contribution in [3.05, 3.63) is 5.69 Å². The zero-order chi connectivity index (χ0) is 10.6. The summed E-state index contributed by atoms with van der Waals surface area (Å²) in [4.78, 5) is 0. The Labute approximate surface area is 85.5 Å². The fourth-order valence-electron chi connectivity index (χ4n) is 1.39. The van der Waals surface area contributed by atoms with Crippen LogP contribution in [0.25, 0.3) is 0 Å². The van der Waals surface area contributed by atoms with E-state index < -0.39 is 0 Å². The molecular weight excluding hydrogens is 176 g/mol. The third-order valence-corrected chi connectivity index (χ3v) is 2.30. The van der Waals surface area contributed by atoms with Gasteiger partial charge in [-0.2, -0.15) is 5.10 Å². The molecule has 0 radical (unpaired) electrons. The molecule has 0 spiro atoms. The molecule has 1 aromatic heterocycles. The van der Waals surface area contributed by atoms with Crippen molar-refractivity contribution in [3.63, 3.8) is 0 Å². The van der Waals surface area contributed by atoms with Crippen molar-refractivity contribution in [3.8, 4) is 0 Å². The van der Waals surface area contributed by atoms with Gasteiger partial charge in [0.25, 0.3) is 0 Å². The highest BCUT2D eigenvalue weighted by atomic mass is 15.3. The van der Waals surface area contributed by atoms with Gasteiger partial charge in [-0.3, -0.25) is 0 Å². The molecule has 1 aromatic rings. The summed E-state index contributed by atoms with van der Waals surface area (Å²) < 4.78 is 1.92. The Morgan fingerprint density at radius 3 is 2.71 bits per heavy atom. The molecule has 0 fully saturated rings. The number of aryl methyl sites for hydroxylation is 2. The van der Waals surface area contributed by atoms with Gasteiger partial charge in [-0.1, -0.05) is 13.3 Å². The number of nitrogens with one attached hydrogen (secondary N) is 1. The quantitative estimate of drug-likeness (QED) is 0.708. The van der Waals surface area contributed by atoms with E-state index in [1.165, 1.54) is 6.42 Å². The van der Waals surface area contributed by atoms with Crippen LogP contribution in [0.15, 0.2) is 0 Å². The number of hydrogen-bond acceptors (Lipinski definition) is 3. The average Bonchev–Trinajstić information content (AvgIpc) is 2.45. The SMILES string of the molecule is CCCCNc1c(N)c(C)nn1CC. The summed E-state index contributed by atoms with van der Waals surface area (Å²) in [6.45, 7) is 8.00. The molecule has 0 aliphatic heterocycles. The predicted octanol–water partition coefficient (Wildman–Crippen LogP) is 2.01. The molecule has 4 nitrogen and oxygen atoms in total. The molecule has 0 atom stereocenters. The lowest BCUT2D eigenvalue weighted by Crippen LogP contribution is -2.09. The van der Waals surface area contributed by atoms with Gasteiger partial charge in [0.05, 0.1) is 11.4 Å². The Balaban J connectivity index is 2.72. The van der Waals surface area contributed by atoms with Crippen LogP contribution in [0.5, 0.6) is 0 Å². The van der Waals surface area contributed by atoms with E-state index in [9.17, 15) is 0 Å². The molecule has 0 unspecified atom stereocenters. The van der Waals surface area contributed by atoms with E-state index in [-0.39, 0.29) is 0 Å². The topological polar surface area (TPSA) is 55.9 Å². The number of nitrogen functional groups attached to an aromatic ring is 1. The van der Waals surface area contributed by atoms with Crippen molar-refractivity contribution in [2.24, 2.45) is 0 Å². The summed E-state index contributed by atoms with van der Waals surface area (Å²) in [5.74, 6) is 0.971. The molecule has 3 N–H and O–H groups in total. The fraction of sp³-hybridized carbons (Fsp3) is 0.700. The van der Waals surface area contributed by atoms with Gasteiger partial charge in [0.2, 0.25) is 0 Å². The van der Waals surface area contributed by atoms with Gasteiger partial charge in [-0.15, -0.1) is 0 Å². The van der Waals surface area contributed by atoms with Crippen molar-refractivity contribution >= 4 is 11.5 Å². The third kappa shape index (κ3) is 2.19.